The summed E-state index contributed by atoms with van der Waals surface area (Å²) in [6.07, 6.45) is 5.05. The van der Waals surface area contributed by atoms with Crippen molar-refractivity contribution < 1.29 is 14.3 Å². The number of aromatic nitrogens is 3. The van der Waals surface area contributed by atoms with E-state index in [0.29, 0.717) is 55.5 Å². The first-order chi connectivity index (χ1) is 15.6. The summed E-state index contributed by atoms with van der Waals surface area (Å²) in [6, 6.07) is 9.21. The molecule has 2 aliphatic heterocycles. The lowest BCUT2D eigenvalue weighted by Crippen LogP contribution is -2.41. The normalized spacial score (nSPS) is 18.8. The van der Waals surface area contributed by atoms with Crippen LogP contribution in [0, 0.1) is 6.92 Å². The molecule has 1 atom stereocenters. The Morgan fingerprint density at radius 1 is 1.06 bits per heavy atom. The molecule has 0 aliphatic carbocycles. The number of pyridine rings is 1. The van der Waals surface area contributed by atoms with Gasteiger partial charge in [0.15, 0.2) is 5.82 Å². The molecule has 8 nitrogen and oxygen atoms in total. The number of hydrogen-bond donors (Lipinski definition) is 0. The molecule has 2 aliphatic rings. The summed E-state index contributed by atoms with van der Waals surface area (Å²) in [4.78, 5) is 43.3. The van der Waals surface area contributed by atoms with E-state index in [1.807, 2.05) is 42.2 Å². The van der Waals surface area contributed by atoms with Gasteiger partial charge in [0, 0.05) is 43.0 Å². The Kier molecular flexibility index (Phi) is 5.53. The summed E-state index contributed by atoms with van der Waals surface area (Å²) >= 11 is 0. The molecule has 0 saturated carbocycles. The Morgan fingerprint density at radius 2 is 1.91 bits per heavy atom. The fourth-order valence-corrected chi connectivity index (χ4v) is 4.45. The molecule has 5 rings (SSSR count). The van der Waals surface area contributed by atoms with Gasteiger partial charge >= 0.3 is 0 Å². The second kappa shape index (κ2) is 8.63. The van der Waals surface area contributed by atoms with E-state index in [9.17, 15) is 9.59 Å². The molecule has 3 aromatic rings. The summed E-state index contributed by atoms with van der Waals surface area (Å²) < 4.78 is 5.33. The number of fused-ring (bicyclic) bond motifs is 1. The fourth-order valence-electron chi connectivity index (χ4n) is 4.45. The number of rotatable bonds is 3. The van der Waals surface area contributed by atoms with Crippen molar-refractivity contribution in [1.82, 2.24) is 24.8 Å². The van der Waals surface area contributed by atoms with Crippen LogP contribution in [0.25, 0.3) is 10.9 Å². The van der Waals surface area contributed by atoms with E-state index < -0.39 is 0 Å². The van der Waals surface area contributed by atoms with Crippen LogP contribution in [0.5, 0.6) is 0 Å². The third kappa shape index (κ3) is 3.82. The van der Waals surface area contributed by atoms with Crippen LogP contribution in [0.3, 0.4) is 0 Å². The maximum atomic E-state index is 13.3. The van der Waals surface area contributed by atoms with E-state index in [2.05, 4.69) is 15.0 Å². The zero-order chi connectivity index (χ0) is 22.1. The van der Waals surface area contributed by atoms with Gasteiger partial charge in [-0.3, -0.25) is 14.6 Å². The van der Waals surface area contributed by atoms with Crippen molar-refractivity contribution in [3.8, 4) is 0 Å². The number of morpholine rings is 1. The molecule has 2 saturated heterocycles. The minimum absolute atomic E-state index is 0.0343. The standard InChI is InChI=1S/C24H25N5O3/c1-16-19(24(31)28-10-12-32-13-11-28)15-26-22(27-16)21-5-3-9-29(21)23(30)18-6-7-20-17(14-18)4-2-8-25-20/h2,4,6-8,14-15,21H,3,5,9-13H2,1H3. The Morgan fingerprint density at radius 3 is 2.72 bits per heavy atom. The molecular weight excluding hydrogens is 406 g/mol. The van der Waals surface area contributed by atoms with Crippen LogP contribution in [-0.2, 0) is 4.74 Å². The Labute approximate surface area is 186 Å². The highest BCUT2D eigenvalue weighted by Crippen LogP contribution is 2.32. The number of ether oxygens (including phenoxy) is 1. The first-order valence-corrected chi connectivity index (χ1v) is 11.0. The van der Waals surface area contributed by atoms with Crippen molar-refractivity contribution in [2.75, 3.05) is 32.8 Å². The van der Waals surface area contributed by atoms with Gasteiger partial charge in [-0.1, -0.05) is 6.07 Å². The predicted octanol–water partition coefficient (Wildman–Crippen LogP) is 2.78. The summed E-state index contributed by atoms with van der Waals surface area (Å²) in [5.74, 6) is 0.490. The molecular formula is C24H25N5O3. The highest BCUT2D eigenvalue weighted by Gasteiger charge is 2.33. The van der Waals surface area contributed by atoms with E-state index in [1.165, 1.54) is 0 Å². The molecule has 2 fully saturated rings. The Balaban J connectivity index is 1.38. The SMILES string of the molecule is Cc1nc(C2CCCN2C(=O)c2ccc3ncccc3c2)ncc1C(=O)N1CCOCC1. The lowest BCUT2D eigenvalue weighted by Gasteiger charge is -2.27. The van der Waals surface area contributed by atoms with Crippen LogP contribution in [0.15, 0.2) is 42.7 Å². The maximum absolute atomic E-state index is 13.3. The van der Waals surface area contributed by atoms with Gasteiger partial charge in [0.1, 0.15) is 0 Å². The highest BCUT2D eigenvalue weighted by atomic mass is 16.5. The number of hydrogen-bond acceptors (Lipinski definition) is 6. The van der Waals surface area contributed by atoms with Gasteiger partial charge in [-0.15, -0.1) is 0 Å². The molecule has 0 spiro atoms. The van der Waals surface area contributed by atoms with E-state index in [1.54, 1.807) is 17.3 Å². The second-order valence-electron chi connectivity index (χ2n) is 8.20. The molecule has 8 heteroatoms. The van der Waals surface area contributed by atoms with Crippen LogP contribution in [0.2, 0.25) is 0 Å². The van der Waals surface area contributed by atoms with E-state index in [0.717, 1.165) is 23.7 Å². The molecule has 0 N–H and O–H groups in total. The summed E-state index contributed by atoms with van der Waals surface area (Å²) in [6.45, 7) is 4.74. The van der Waals surface area contributed by atoms with E-state index in [-0.39, 0.29) is 17.9 Å². The van der Waals surface area contributed by atoms with Crippen molar-refractivity contribution in [3.05, 3.63) is 65.4 Å². The van der Waals surface area contributed by atoms with Gasteiger partial charge in [0.05, 0.1) is 36.0 Å². The minimum Gasteiger partial charge on any atom is -0.378 e. The second-order valence-corrected chi connectivity index (χ2v) is 8.20. The van der Waals surface area contributed by atoms with E-state index >= 15 is 0 Å². The molecule has 164 valence electrons. The topological polar surface area (TPSA) is 88.5 Å². The molecule has 0 bridgehead atoms. The van der Waals surface area contributed by atoms with Gasteiger partial charge in [-0.05, 0) is 44.0 Å². The summed E-state index contributed by atoms with van der Waals surface area (Å²) in [5.41, 5.74) is 2.64. The average molecular weight is 431 g/mol. The predicted molar refractivity (Wildman–Crippen MR) is 118 cm³/mol. The third-order valence-corrected chi connectivity index (χ3v) is 6.19. The quantitative estimate of drug-likeness (QED) is 0.634. The van der Waals surface area contributed by atoms with Gasteiger partial charge < -0.3 is 14.5 Å². The van der Waals surface area contributed by atoms with Crippen molar-refractivity contribution in [2.45, 2.75) is 25.8 Å². The largest absolute Gasteiger partial charge is 0.378 e. The molecule has 0 radical (unpaired) electrons. The van der Waals surface area contributed by atoms with Crippen LogP contribution in [-0.4, -0.2) is 69.4 Å². The highest BCUT2D eigenvalue weighted by molar-refractivity contribution is 5.98. The Hall–Kier alpha value is -3.39. The smallest absolute Gasteiger partial charge is 0.257 e. The summed E-state index contributed by atoms with van der Waals surface area (Å²) in [5, 5.41) is 0.937. The number of amides is 2. The molecule has 1 unspecified atom stereocenters. The lowest BCUT2D eigenvalue weighted by molar-refractivity contribution is 0.0301. The number of likely N-dealkylation sites (tertiary alicyclic amines) is 1. The number of benzene rings is 1. The third-order valence-electron chi connectivity index (χ3n) is 6.19. The summed E-state index contributed by atoms with van der Waals surface area (Å²) in [7, 11) is 0. The average Bonchev–Trinajstić information content (AvgIpc) is 3.33. The molecule has 2 aromatic heterocycles. The number of carbonyl (C=O) groups is 2. The Bertz CT molecular complexity index is 1180. The zero-order valence-electron chi connectivity index (χ0n) is 18.0. The maximum Gasteiger partial charge on any atom is 0.257 e. The van der Waals surface area contributed by atoms with Crippen LogP contribution in [0.1, 0.15) is 51.1 Å². The molecule has 4 heterocycles. The lowest BCUT2D eigenvalue weighted by atomic mass is 10.1. The van der Waals surface area contributed by atoms with Crippen molar-refractivity contribution in [1.29, 1.82) is 0 Å². The molecule has 2 amide bonds. The first-order valence-electron chi connectivity index (χ1n) is 11.0. The van der Waals surface area contributed by atoms with Gasteiger partial charge in [-0.2, -0.15) is 0 Å². The van der Waals surface area contributed by atoms with Gasteiger partial charge in [0.2, 0.25) is 0 Å². The first kappa shape index (κ1) is 20.5. The van der Waals surface area contributed by atoms with Crippen molar-refractivity contribution >= 4 is 22.7 Å². The molecule has 1 aromatic carbocycles. The fraction of sp³-hybridized carbons (Fsp3) is 0.375. The number of nitrogens with zero attached hydrogens (tertiary/aromatic N) is 5. The molecule has 32 heavy (non-hydrogen) atoms. The monoisotopic (exact) mass is 431 g/mol. The van der Waals surface area contributed by atoms with Crippen LogP contribution >= 0.6 is 0 Å². The van der Waals surface area contributed by atoms with Crippen molar-refractivity contribution in [3.63, 3.8) is 0 Å². The number of aryl methyl sites for hydroxylation is 1. The van der Waals surface area contributed by atoms with Gasteiger partial charge in [0.25, 0.3) is 11.8 Å². The van der Waals surface area contributed by atoms with Crippen LogP contribution < -0.4 is 0 Å². The van der Waals surface area contributed by atoms with Crippen molar-refractivity contribution in [2.24, 2.45) is 0 Å². The number of carbonyl (C=O) groups excluding carboxylic acids is 2. The van der Waals surface area contributed by atoms with Gasteiger partial charge in [-0.25, -0.2) is 9.97 Å². The van der Waals surface area contributed by atoms with Crippen LogP contribution in [0.4, 0.5) is 0 Å². The minimum atomic E-state index is -0.196. The van der Waals surface area contributed by atoms with E-state index in [4.69, 9.17) is 4.74 Å². The zero-order valence-corrected chi connectivity index (χ0v) is 18.0.